The van der Waals surface area contributed by atoms with Gasteiger partial charge in [-0.1, -0.05) is 37.0 Å². The minimum atomic E-state index is -0.518. The fourth-order valence-electron chi connectivity index (χ4n) is 1.78. The van der Waals surface area contributed by atoms with E-state index in [0.29, 0.717) is 5.69 Å². The topological polar surface area (TPSA) is 41.1 Å². The number of benzene rings is 1. The molecule has 1 aromatic rings. The first-order chi connectivity index (χ1) is 9.38. The number of halogens is 3. The summed E-state index contributed by atoms with van der Waals surface area (Å²) in [5.41, 5.74) is 0.363. The van der Waals surface area contributed by atoms with Gasteiger partial charge in [0.2, 0.25) is 5.91 Å². The molecule has 0 saturated heterocycles. The van der Waals surface area contributed by atoms with Gasteiger partial charge in [0.15, 0.2) is 0 Å². The van der Waals surface area contributed by atoms with E-state index in [9.17, 15) is 9.18 Å². The smallest absolute Gasteiger partial charge is 0.242 e. The molecule has 0 heterocycles. The van der Waals surface area contributed by atoms with E-state index in [0.717, 1.165) is 25.0 Å². The zero-order valence-corrected chi connectivity index (χ0v) is 13.3. The van der Waals surface area contributed by atoms with Gasteiger partial charge >= 0.3 is 0 Å². The van der Waals surface area contributed by atoms with Crippen molar-refractivity contribution in [2.45, 2.75) is 45.7 Å². The molecular formula is C14H19Cl2FN2O. The van der Waals surface area contributed by atoms with Crippen LogP contribution in [0.15, 0.2) is 12.1 Å². The van der Waals surface area contributed by atoms with Crippen molar-refractivity contribution in [3.63, 3.8) is 0 Å². The molecule has 112 valence electrons. The normalized spacial score (nSPS) is 12.3. The van der Waals surface area contributed by atoms with Crippen molar-refractivity contribution in [1.29, 1.82) is 0 Å². The zero-order valence-electron chi connectivity index (χ0n) is 11.8. The maximum atomic E-state index is 13.1. The van der Waals surface area contributed by atoms with Crippen LogP contribution in [0.3, 0.4) is 0 Å². The predicted molar refractivity (Wildman–Crippen MR) is 82.0 cm³/mol. The van der Waals surface area contributed by atoms with Gasteiger partial charge in [-0.15, -0.1) is 0 Å². The average Bonchev–Trinajstić information content (AvgIpc) is 2.39. The molecule has 0 aliphatic carbocycles. The molecule has 0 aliphatic heterocycles. The molecule has 0 aromatic heterocycles. The van der Waals surface area contributed by atoms with Crippen LogP contribution in [0.4, 0.5) is 10.1 Å². The highest BCUT2D eigenvalue weighted by Gasteiger charge is 2.18. The molecule has 1 unspecified atom stereocenters. The molecule has 6 heteroatoms. The van der Waals surface area contributed by atoms with Crippen LogP contribution in [0.5, 0.6) is 0 Å². The molecule has 0 radical (unpaired) electrons. The van der Waals surface area contributed by atoms with E-state index in [-0.39, 0.29) is 22.0 Å². The van der Waals surface area contributed by atoms with E-state index in [1.165, 1.54) is 0 Å². The minimum Gasteiger partial charge on any atom is -0.371 e. The quantitative estimate of drug-likeness (QED) is 0.823. The Morgan fingerprint density at radius 2 is 1.75 bits per heavy atom. The lowest BCUT2D eigenvalue weighted by molar-refractivity contribution is -0.122. The Morgan fingerprint density at radius 1 is 1.25 bits per heavy atom. The molecule has 3 nitrogen and oxygen atoms in total. The fourth-order valence-corrected chi connectivity index (χ4v) is 2.35. The third-order valence-electron chi connectivity index (χ3n) is 3.09. The fraction of sp³-hybridized carbons (Fsp3) is 0.500. The van der Waals surface area contributed by atoms with Gasteiger partial charge in [-0.25, -0.2) is 4.39 Å². The zero-order chi connectivity index (χ0) is 15.3. The number of hydrogen-bond donors (Lipinski definition) is 2. The van der Waals surface area contributed by atoms with Crippen molar-refractivity contribution in [3.8, 4) is 0 Å². The lowest BCUT2D eigenvalue weighted by Crippen LogP contribution is -2.42. The lowest BCUT2D eigenvalue weighted by Gasteiger charge is -2.21. The molecule has 1 rings (SSSR count). The standard InChI is InChI=1S/C14H19Cl2FN2O/c1-4-10(5-2)19-14(20)8(3)18-13-11(15)6-9(17)7-12(13)16/h6-8,10,18H,4-5H2,1-3H3,(H,19,20). The first-order valence-corrected chi connectivity index (χ1v) is 7.36. The molecule has 0 spiro atoms. The molecule has 1 aromatic carbocycles. The summed E-state index contributed by atoms with van der Waals surface area (Å²) < 4.78 is 13.1. The van der Waals surface area contributed by atoms with Crippen molar-refractivity contribution >= 4 is 34.8 Å². The van der Waals surface area contributed by atoms with Gasteiger partial charge in [0.05, 0.1) is 15.7 Å². The summed E-state index contributed by atoms with van der Waals surface area (Å²) in [6, 6.07) is 1.93. The Bertz CT molecular complexity index is 455. The van der Waals surface area contributed by atoms with E-state index in [4.69, 9.17) is 23.2 Å². The van der Waals surface area contributed by atoms with E-state index in [1.807, 2.05) is 13.8 Å². The van der Waals surface area contributed by atoms with Crippen LogP contribution in [0, 0.1) is 5.82 Å². The highest BCUT2D eigenvalue weighted by Crippen LogP contribution is 2.31. The summed E-state index contributed by atoms with van der Waals surface area (Å²) in [7, 11) is 0. The van der Waals surface area contributed by atoms with Gasteiger partial charge in [0.25, 0.3) is 0 Å². The Hall–Kier alpha value is -1.00. The van der Waals surface area contributed by atoms with Crippen LogP contribution in [0.1, 0.15) is 33.6 Å². The Labute approximate surface area is 128 Å². The van der Waals surface area contributed by atoms with Crippen molar-refractivity contribution in [1.82, 2.24) is 5.32 Å². The summed E-state index contributed by atoms with van der Waals surface area (Å²) >= 11 is 11.9. The Kier molecular flexibility index (Phi) is 6.56. The number of carbonyl (C=O) groups excluding carboxylic acids is 1. The summed E-state index contributed by atoms with van der Waals surface area (Å²) in [6.07, 6.45) is 1.74. The first-order valence-electron chi connectivity index (χ1n) is 6.60. The molecule has 1 atom stereocenters. The van der Waals surface area contributed by atoms with Crippen LogP contribution < -0.4 is 10.6 Å². The summed E-state index contributed by atoms with van der Waals surface area (Å²) in [4.78, 5) is 12.0. The summed E-state index contributed by atoms with van der Waals surface area (Å²) in [5, 5.41) is 6.14. The van der Waals surface area contributed by atoms with Gasteiger partial charge < -0.3 is 10.6 Å². The molecule has 0 saturated carbocycles. The second kappa shape index (κ2) is 7.70. The van der Waals surface area contributed by atoms with Crippen molar-refractivity contribution in [3.05, 3.63) is 28.0 Å². The van der Waals surface area contributed by atoms with Gasteiger partial charge in [-0.3, -0.25) is 4.79 Å². The van der Waals surface area contributed by atoms with Crippen molar-refractivity contribution in [2.24, 2.45) is 0 Å². The Morgan fingerprint density at radius 3 is 2.20 bits per heavy atom. The number of anilines is 1. The summed E-state index contributed by atoms with van der Waals surface area (Å²) in [6.45, 7) is 5.73. The SMILES string of the molecule is CCC(CC)NC(=O)C(C)Nc1c(Cl)cc(F)cc1Cl. The second-order valence-electron chi connectivity index (χ2n) is 4.63. The van der Waals surface area contributed by atoms with E-state index in [1.54, 1.807) is 6.92 Å². The number of rotatable bonds is 6. The number of nitrogens with one attached hydrogen (secondary N) is 2. The molecule has 0 aliphatic rings. The van der Waals surface area contributed by atoms with E-state index >= 15 is 0 Å². The van der Waals surface area contributed by atoms with Crippen LogP contribution >= 0.6 is 23.2 Å². The van der Waals surface area contributed by atoms with Crippen LogP contribution in [0.25, 0.3) is 0 Å². The molecule has 2 N–H and O–H groups in total. The van der Waals surface area contributed by atoms with E-state index < -0.39 is 11.9 Å². The van der Waals surface area contributed by atoms with E-state index in [2.05, 4.69) is 10.6 Å². The minimum absolute atomic E-state index is 0.143. The van der Waals surface area contributed by atoms with Gasteiger partial charge in [0, 0.05) is 6.04 Å². The lowest BCUT2D eigenvalue weighted by atomic mass is 10.1. The van der Waals surface area contributed by atoms with Gasteiger partial charge in [0.1, 0.15) is 11.9 Å². The third-order valence-corrected chi connectivity index (χ3v) is 3.69. The maximum absolute atomic E-state index is 13.1. The van der Waals surface area contributed by atoms with Crippen LogP contribution in [-0.4, -0.2) is 18.0 Å². The first kappa shape index (κ1) is 17.1. The molecule has 20 heavy (non-hydrogen) atoms. The van der Waals surface area contributed by atoms with Crippen molar-refractivity contribution < 1.29 is 9.18 Å². The highest BCUT2D eigenvalue weighted by molar-refractivity contribution is 6.39. The number of hydrogen-bond acceptors (Lipinski definition) is 2. The second-order valence-corrected chi connectivity index (χ2v) is 5.45. The molecular weight excluding hydrogens is 302 g/mol. The van der Waals surface area contributed by atoms with Gasteiger partial charge in [-0.05, 0) is 31.9 Å². The predicted octanol–water partition coefficient (Wildman–Crippen LogP) is 4.24. The van der Waals surface area contributed by atoms with Crippen molar-refractivity contribution in [2.75, 3.05) is 5.32 Å². The highest BCUT2D eigenvalue weighted by atomic mass is 35.5. The third kappa shape index (κ3) is 4.53. The van der Waals surface area contributed by atoms with Gasteiger partial charge in [-0.2, -0.15) is 0 Å². The molecule has 0 fully saturated rings. The number of carbonyl (C=O) groups is 1. The monoisotopic (exact) mass is 320 g/mol. The van der Waals surface area contributed by atoms with Crippen LogP contribution in [-0.2, 0) is 4.79 Å². The Balaban J connectivity index is 2.76. The molecule has 0 bridgehead atoms. The molecule has 1 amide bonds. The summed E-state index contributed by atoms with van der Waals surface area (Å²) in [5.74, 6) is -0.658. The van der Waals surface area contributed by atoms with Crippen LogP contribution in [0.2, 0.25) is 10.0 Å². The maximum Gasteiger partial charge on any atom is 0.242 e. The largest absolute Gasteiger partial charge is 0.371 e. The number of amides is 1. The average molecular weight is 321 g/mol.